The van der Waals surface area contributed by atoms with Crippen LogP contribution >= 0.6 is 0 Å². The van der Waals surface area contributed by atoms with Gasteiger partial charge in [-0.25, -0.2) is 13.1 Å². The van der Waals surface area contributed by atoms with Crippen LogP contribution in [0.5, 0.6) is 0 Å². The standard InChI is InChI=1S/C18H27N3O4S/c1-20(2)15-5-7-17(8-6-15)26(24,25)19-14-9-16(10-14)21(12-18(22)23)11-13-3-4-13/h5-8,13-14,16,19H,3-4,9-12H2,1-2H3,(H,22,23). The molecule has 2 N–H and O–H groups in total. The van der Waals surface area contributed by atoms with E-state index in [0.717, 1.165) is 12.2 Å². The first kappa shape index (κ1) is 19.1. The Balaban J connectivity index is 1.55. The molecule has 26 heavy (non-hydrogen) atoms. The fourth-order valence-electron chi connectivity index (χ4n) is 3.34. The number of hydrogen-bond acceptors (Lipinski definition) is 5. The number of nitrogens with one attached hydrogen (secondary N) is 1. The van der Waals surface area contributed by atoms with Gasteiger partial charge in [0.05, 0.1) is 11.4 Å². The summed E-state index contributed by atoms with van der Waals surface area (Å²) in [5.41, 5.74) is 0.942. The molecule has 1 aromatic carbocycles. The fourth-order valence-corrected chi connectivity index (χ4v) is 4.60. The summed E-state index contributed by atoms with van der Waals surface area (Å²) < 4.78 is 27.8. The number of carboxylic acids is 1. The maximum atomic E-state index is 12.5. The van der Waals surface area contributed by atoms with Gasteiger partial charge in [0.2, 0.25) is 10.0 Å². The van der Waals surface area contributed by atoms with Crippen molar-refractivity contribution in [3.63, 3.8) is 0 Å². The topological polar surface area (TPSA) is 90.0 Å². The molecule has 2 saturated carbocycles. The van der Waals surface area contributed by atoms with Crippen LogP contribution in [0.2, 0.25) is 0 Å². The third-order valence-electron chi connectivity index (χ3n) is 5.14. The number of carboxylic acid groups (broad SMARTS) is 1. The summed E-state index contributed by atoms with van der Waals surface area (Å²) in [6.45, 7) is 0.842. The molecule has 0 aliphatic heterocycles. The van der Waals surface area contributed by atoms with E-state index < -0.39 is 16.0 Å². The zero-order valence-corrected chi connectivity index (χ0v) is 16.1. The second kappa shape index (κ2) is 7.54. The predicted molar refractivity (Wildman–Crippen MR) is 99.8 cm³/mol. The van der Waals surface area contributed by atoms with Crippen molar-refractivity contribution >= 4 is 21.7 Å². The zero-order chi connectivity index (χ0) is 18.9. The van der Waals surface area contributed by atoms with Crippen molar-refractivity contribution < 1.29 is 18.3 Å². The second-order valence-corrected chi connectivity index (χ2v) is 9.31. The normalized spacial score (nSPS) is 22.9. The van der Waals surface area contributed by atoms with E-state index in [1.54, 1.807) is 24.3 Å². The Hall–Kier alpha value is -1.64. The summed E-state index contributed by atoms with van der Waals surface area (Å²) in [5, 5.41) is 9.09. The lowest BCUT2D eigenvalue weighted by atomic mass is 9.86. The maximum Gasteiger partial charge on any atom is 0.317 e. The number of sulfonamides is 1. The fraction of sp³-hybridized carbons (Fsp3) is 0.611. The Bertz CT molecular complexity index is 738. The Morgan fingerprint density at radius 1 is 1.19 bits per heavy atom. The first-order valence-electron chi connectivity index (χ1n) is 9.00. The highest BCUT2D eigenvalue weighted by Gasteiger charge is 2.38. The molecule has 0 heterocycles. The highest BCUT2D eigenvalue weighted by molar-refractivity contribution is 7.89. The molecule has 0 atom stereocenters. The molecule has 8 heteroatoms. The quantitative estimate of drug-likeness (QED) is 0.671. The van der Waals surface area contributed by atoms with E-state index in [9.17, 15) is 13.2 Å². The smallest absolute Gasteiger partial charge is 0.317 e. The molecule has 0 radical (unpaired) electrons. The summed E-state index contributed by atoms with van der Waals surface area (Å²) in [6, 6.07) is 6.80. The van der Waals surface area contributed by atoms with E-state index in [0.29, 0.717) is 18.8 Å². The van der Waals surface area contributed by atoms with Crippen LogP contribution in [0.3, 0.4) is 0 Å². The number of nitrogens with zero attached hydrogens (tertiary/aromatic N) is 2. The van der Waals surface area contributed by atoms with E-state index in [2.05, 4.69) is 4.72 Å². The lowest BCUT2D eigenvalue weighted by Gasteiger charge is -2.42. The minimum absolute atomic E-state index is 0.0344. The zero-order valence-electron chi connectivity index (χ0n) is 15.3. The molecule has 0 unspecified atom stereocenters. The number of aliphatic carboxylic acids is 1. The number of benzene rings is 1. The van der Waals surface area contributed by atoms with E-state index in [1.165, 1.54) is 12.8 Å². The van der Waals surface area contributed by atoms with E-state index >= 15 is 0 Å². The summed E-state index contributed by atoms with van der Waals surface area (Å²) in [7, 11) is 0.258. The van der Waals surface area contributed by atoms with Gasteiger partial charge in [-0.1, -0.05) is 0 Å². The molecule has 0 bridgehead atoms. The highest BCUT2D eigenvalue weighted by atomic mass is 32.2. The van der Waals surface area contributed by atoms with Crippen molar-refractivity contribution in [1.29, 1.82) is 0 Å². The number of anilines is 1. The van der Waals surface area contributed by atoms with Gasteiger partial charge in [0.15, 0.2) is 0 Å². The Morgan fingerprint density at radius 2 is 1.81 bits per heavy atom. The Morgan fingerprint density at radius 3 is 2.31 bits per heavy atom. The molecule has 1 aromatic rings. The highest BCUT2D eigenvalue weighted by Crippen LogP contribution is 2.34. The average Bonchev–Trinajstić information content (AvgIpc) is 3.33. The maximum absolute atomic E-state index is 12.5. The molecule has 3 rings (SSSR count). The van der Waals surface area contributed by atoms with Crippen LogP contribution in [0.1, 0.15) is 25.7 Å². The molecular weight excluding hydrogens is 354 g/mol. The molecule has 144 valence electrons. The van der Waals surface area contributed by atoms with Crippen LogP contribution in [0.15, 0.2) is 29.2 Å². The van der Waals surface area contributed by atoms with Crippen LogP contribution in [0, 0.1) is 5.92 Å². The molecule has 2 fully saturated rings. The Kier molecular flexibility index (Phi) is 5.55. The SMILES string of the molecule is CN(C)c1ccc(S(=O)(=O)NC2CC(N(CC(=O)O)CC3CC3)C2)cc1. The van der Waals surface area contributed by atoms with Crippen molar-refractivity contribution in [2.24, 2.45) is 5.92 Å². The first-order chi connectivity index (χ1) is 12.2. The minimum atomic E-state index is -3.55. The summed E-state index contributed by atoms with van der Waals surface area (Å²) in [6.07, 6.45) is 3.66. The van der Waals surface area contributed by atoms with Crippen LogP contribution < -0.4 is 9.62 Å². The third-order valence-corrected chi connectivity index (χ3v) is 6.68. The molecule has 0 amide bonds. The molecule has 2 aliphatic rings. The third kappa shape index (κ3) is 4.75. The van der Waals surface area contributed by atoms with Crippen LogP contribution in [-0.4, -0.2) is 63.7 Å². The van der Waals surface area contributed by atoms with E-state index in [4.69, 9.17) is 5.11 Å². The predicted octanol–water partition coefficient (Wildman–Crippen LogP) is 1.36. The number of rotatable bonds is 9. The van der Waals surface area contributed by atoms with Gasteiger partial charge >= 0.3 is 5.97 Å². The first-order valence-corrected chi connectivity index (χ1v) is 10.5. The number of hydrogen-bond donors (Lipinski definition) is 2. The van der Waals surface area contributed by atoms with Crippen molar-refractivity contribution in [3.05, 3.63) is 24.3 Å². The molecule has 2 aliphatic carbocycles. The molecule has 7 nitrogen and oxygen atoms in total. The van der Waals surface area contributed by atoms with Gasteiger partial charge in [0, 0.05) is 38.4 Å². The summed E-state index contributed by atoms with van der Waals surface area (Å²) in [4.78, 5) is 15.2. The molecule has 0 saturated heterocycles. The minimum Gasteiger partial charge on any atom is -0.480 e. The summed E-state index contributed by atoms with van der Waals surface area (Å²) >= 11 is 0. The van der Waals surface area contributed by atoms with Crippen molar-refractivity contribution in [2.75, 3.05) is 32.1 Å². The van der Waals surface area contributed by atoms with Gasteiger partial charge in [0.25, 0.3) is 0 Å². The van der Waals surface area contributed by atoms with Gasteiger partial charge in [-0.2, -0.15) is 0 Å². The van der Waals surface area contributed by atoms with Gasteiger partial charge < -0.3 is 10.0 Å². The van der Waals surface area contributed by atoms with Gasteiger partial charge in [-0.05, 0) is 55.9 Å². The van der Waals surface area contributed by atoms with E-state index in [-0.39, 0.29) is 23.5 Å². The van der Waals surface area contributed by atoms with Crippen LogP contribution in [0.25, 0.3) is 0 Å². The van der Waals surface area contributed by atoms with Crippen LogP contribution in [-0.2, 0) is 14.8 Å². The van der Waals surface area contributed by atoms with Crippen molar-refractivity contribution in [3.8, 4) is 0 Å². The summed E-state index contributed by atoms with van der Waals surface area (Å²) in [5.74, 6) is -0.212. The molecule has 0 spiro atoms. The Labute approximate surface area is 155 Å². The lowest BCUT2D eigenvalue weighted by Crippen LogP contribution is -2.55. The van der Waals surface area contributed by atoms with Crippen molar-refractivity contribution in [1.82, 2.24) is 9.62 Å². The van der Waals surface area contributed by atoms with E-state index in [1.807, 2.05) is 23.9 Å². The van der Waals surface area contributed by atoms with Gasteiger partial charge in [-0.3, -0.25) is 9.69 Å². The molecule has 0 aromatic heterocycles. The second-order valence-electron chi connectivity index (χ2n) is 7.60. The number of carbonyl (C=O) groups is 1. The molecular formula is C18H27N3O4S. The largest absolute Gasteiger partial charge is 0.480 e. The lowest BCUT2D eigenvalue weighted by molar-refractivity contribution is -0.139. The van der Waals surface area contributed by atoms with Gasteiger partial charge in [0.1, 0.15) is 0 Å². The van der Waals surface area contributed by atoms with Gasteiger partial charge in [-0.15, -0.1) is 0 Å². The average molecular weight is 381 g/mol. The monoisotopic (exact) mass is 381 g/mol. The van der Waals surface area contributed by atoms with Crippen LogP contribution in [0.4, 0.5) is 5.69 Å². The van der Waals surface area contributed by atoms with Crippen molar-refractivity contribution in [2.45, 2.75) is 42.7 Å².